The van der Waals surface area contributed by atoms with E-state index in [-0.39, 0.29) is 17.9 Å². The van der Waals surface area contributed by atoms with Crippen molar-refractivity contribution in [1.82, 2.24) is 4.98 Å². The highest BCUT2D eigenvalue weighted by atomic mass is 35.5. The van der Waals surface area contributed by atoms with Crippen molar-refractivity contribution in [3.63, 3.8) is 0 Å². The zero-order chi connectivity index (χ0) is 20.2. The van der Waals surface area contributed by atoms with Crippen LogP contribution in [0.2, 0.25) is 5.02 Å². The van der Waals surface area contributed by atoms with Crippen molar-refractivity contribution in [2.24, 2.45) is 11.8 Å². The molecule has 1 heterocycles. The normalized spacial score (nSPS) is 20.2. The van der Waals surface area contributed by atoms with Crippen LogP contribution in [0.25, 0.3) is 10.9 Å². The molecular weight excluding hydrogens is 384 g/mol. The summed E-state index contributed by atoms with van der Waals surface area (Å²) in [5, 5.41) is 4.71. The van der Waals surface area contributed by atoms with Gasteiger partial charge in [-0.1, -0.05) is 30.7 Å². The molecule has 1 amide bonds. The van der Waals surface area contributed by atoms with E-state index < -0.39 is 0 Å². The molecule has 0 bridgehead atoms. The number of hydrogen-bond donors (Lipinski definition) is 1. The van der Waals surface area contributed by atoms with Crippen LogP contribution < -0.4 is 10.1 Å². The maximum atomic E-state index is 12.6. The van der Waals surface area contributed by atoms with Crippen molar-refractivity contribution in [2.45, 2.75) is 38.7 Å². The first-order valence-corrected chi connectivity index (χ1v) is 10.5. The van der Waals surface area contributed by atoms with Gasteiger partial charge < -0.3 is 10.1 Å². The van der Waals surface area contributed by atoms with Crippen molar-refractivity contribution in [3.05, 3.63) is 65.8 Å². The average molecular weight is 409 g/mol. The number of para-hydroxylation sites is 1. The van der Waals surface area contributed by atoms with Gasteiger partial charge in [0.25, 0.3) is 0 Å². The second kappa shape index (κ2) is 8.83. The Labute approximate surface area is 176 Å². The summed E-state index contributed by atoms with van der Waals surface area (Å²) in [7, 11) is 0. The fourth-order valence-corrected chi connectivity index (χ4v) is 4.19. The lowest BCUT2D eigenvalue weighted by molar-refractivity contribution is -0.121. The molecule has 0 aliphatic heterocycles. The molecule has 5 heteroatoms. The van der Waals surface area contributed by atoms with Crippen LogP contribution >= 0.6 is 11.6 Å². The average Bonchev–Trinajstić information content (AvgIpc) is 2.75. The molecule has 1 N–H and O–H groups in total. The number of halogens is 1. The van der Waals surface area contributed by atoms with Crippen LogP contribution in [-0.4, -0.2) is 17.0 Å². The van der Waals surface area contributed by atoms with Crippen LogP contribution in [-0.2, 0) is 4.79 Å². The number of ether oxygens (including phenoxy) is 1. The lowest BCUT2D eigenvalue weighted by atomic mass is 9.79. The van der Waals surface area contributed by atoms with Gasteiger partial charge in [0.1, 0.15) is 5.75 Å². The van der Waals surface area contributed by atoms with E-state index in [9.17, 15) is 4.79 Å². The second-order valence-electron chi connectivity index (χ2n) is 7.77. The quantitative estimate of drug-likeness (QED) is 0.554. The van der Waals surface area contributed by atoms with Gasteiger partial charge in [-0.25, -0.2) is 0 Å². The van der Waals surface area contributed by atoms with E-state index in [1.807, 2.05) is 49.4 Å². The molecule has 0 unspecified atom stereocenters. The van der Waals surface area contributed by atoms with Crippen LogP contribution in [0, 0.1) is 11.8 Å². The molecule has 0 spiro atoms. The van der Waals surface area contributed by atoms with E-state index in [2.05, 4.69) is 10.3 Å². The summed E-state index contributed by atoms with van der Waals surface area (Å²) in [4.78, 5) is 17.0. The van der Waals surface area contributed by atoms with E-state index in [0.29, 0.717) is 10.9 Å². The molecule has 2 aromatic carbocycles. The van der Waals surface area contributed by atoms with Crippen molar-refractivity contribution in [2.75, 3.05) is 5.32 Å². The topological polar surface area (TPSA) is 51.2 Å². The van der Waals surface area contributed by atoms with E-state index >= 15 is 0 Å². The monoisotopic (exact) mass is 408 g/mol. The first kappa shape index (κ1) is 19.7. The van der Waals surface area contributed by atoms with Gasteiger partial charge in [0, 0.05) is 28.2 Å². The Bertz CT molecular complexity index is 976. The Hall–Kier alpha value is -2.59. The number of carbonyl (C=O) groups is 1. The molecule has 1 atom stereocenters. The van der Waals surface area contributed by atoms with Crippen molar-refractivity contribution in [1.29, 1.82) is 0 Å². The molecule has 0 radical (unpaired) electrons. The number of anilines is 1. The number of nitrogens with one attached hydrogen (secondary N) is 1. The molecule has 1 aromatic heterocycles. The van der Waals surface area contributed by atoms with Gasteiger partial charge in [-0.2, -0.15) is 0 Å². The van der Waals surface area contributed by atoms with Crippen LogP contribution in [0.4, 0.5) is 5.69 Å². The van der Waals surface area contributed by atoms with Crippen LogP contribution in [0.15, 0.2) is 60.8 Å². The molecule has 3 aromatic rings. The number of hydrogen-bond acceptors (Lipinski definition) is 3. The minimum absolute atomic E-state index is 0.0339. The number of carbonyl (C=O) groups excluding carboxylic acids is 1. The Morgan fingerprint density at radius 1 is 1.07 bits per heavy atom. The zero-order valence-electron chi connectivity index (χ0n) is 16.5. The Balaban J connectivity index is 1.32. The van der Waals surface area contributed by atoms with Gasteiger partial charge in [-0.05, 0) is 74.1 Å². The molecule has 1 saturated carbocycles. The molecular formula is C24H25ClN2O2. The predicted octanol–water partition coefficient (Wildman–Crippen LogP) is 6.10. The summed E-state index contributed by atoms with van der Waals surface area (Å²) in [5.74, 6) is 1.30. The SMILES string of the molecule is C[C@@H](C(=O)Nc1ccc(Cl)cc1)[C@H]1CC[C@@H](Oc2ccnc3ccccc23)CC1. The lowest BCUT2D eigenvalue weighted by Crippen LogP contribution is -2.32. The summed E-state index contributed by atoms with van der Waals surface area (Å²) < 4.78 is 6.31. The molecule has 4 rings (SSSR count). The standard InChI is InChI=1S/C24H25ClN2O2/c1-16(24(28)27-19-10-8-18(25)9-11-19)17-6-12-20(13-7-17)29-23-14-15-26-22-5-3-2-4-21(22)23/h2-5,8-11,14-17,20H,6-7,12-13H2,1H3,(H,27,28)/t16-,17-,20+/m1/s1. The van der Waals surface area contributed by atoms with Crippen LogP contribution in [0.1, 0.15) is 32.6 Å². The Morgan fingerprint density at radius 3 is 2.55 bits per heavy atom. The van der Waals surface area contributed by atoms with E-state index in [4.69, 9.17) is 16.3 Å². The maximum Gasteiger partial charge on any atom is 0.227 e. The molecule has 1 aliphatic rings. The van der Waals surface area contributed by atoms with Crippen molar-refractivity contribution >= 4 is 34.1 Å². The van der Waals surface area contributed by atoms with Gasteiger partial charge in [-0.3, -0.25) is 9.78 Å². The highest BCUT2D eigenvalue weighted by Crippen LogP contribution is 2.34. The molecule has 1 aliphatic carbocycles. The van der Waals surface area contributed by atoms with Gasteiger partial charge in [0.15, 0.2) is 0 Å². The minimum atomic E-state index is -0.0339. The summed E-state index contributed by atoms with van der Waals surface area (Å²) >= 11 is 5.91. The smallest absolute Gasteiger partial charge is 0.227 e. The van der Waals surface area contributed by atoms with Gasteiger partial charge >= 0.3 is 0 Å². The largest absolute Gasteiger partial charge is 0.490 e. The van der Waals surface area contributed by atoms with Crippen molar-refractivity contribution in [3.8, 4) is 5.75 Å². The number of pyridine rings is 1. The Morgan fingerprint density at radius 2 is 1.79 bits per heavy atom. The fraction of sp³-hybridized carbons (Fsp3) is 0.333. The van der Waals surface area contributed by atoms with Crippen molar-refractivity contribution < 1.29 is 9.53 Å². The Kier molecular flexibility index (Phi) is 6.00. The summed E-state index contributed by atoms with van der Waals surface area (Å²) in [6, 6.07) is 17.2. The lowest BCUT2D eigenvalue weighted by Gasteiger charge is -2.32. The third-order valence-electron chi connectivity index (χ3n) is 5.85. The molecule has 0 saturated heterocycles. The molecule has 1 fully saturated rings. The van der Waals surface area contributed by atoms with E-state index in [1.54, 1.807) is 18.3 Å². The molecule has 150 valence electrons. The minimum Gasteiger partial charge on any atom is -0.490 e. The van der Waals surface area contributed by atoms with Gasteiger partial charge in [0.05, 0.1) is 11.6 Å². The number of rotatable bonds is 5. The third kappa shape index (κ3) is 4.70. The number of aromatic nitrogens is 1. The zero-order valence-corrected chi connectivity index (χ0v) is 17.2. The first-order valence-electron chi connectivity index (χ1n) is 10.2. The third-order valence-corrected chi connectivity index (χ3v) is 6.11. The van der Waals surface area contributed by atoms with Crippen LogP contribution in [0.3, 0.4) is 0 Å². The highest BCUT2D eigenvalue weighted by molar-refractivity contribution is 6.30. The predicted molar refractivity (Wildman–Crippen MR) is 117 cm³/mol. The molecule has 4 nitrogen and oxygen atoms in total. The highest BCUT2D eigenvalue weighted by Gasteiger charge is 2.30. The number of benzene rings is 2. The van der Waals surface area contributed by atoms with Gasteiger partial charge in [-0.15, -0.1) is 0 Å². The second-order valence-corrected chi connectivity index (χ2v) is 8.20. The maximum absolute atomic E-state index is 12.6. The summed E-state index contributed by atoms with van der Waals surface area (Å²) in [5.41, 5.74) is 1.74. The number of amides is 1. The van der Waals surface area contributed by atoms with Gasteiger partial charge in [0.2, 0.25) is 5.91 Å². The van der Waals surface area contributed by atoms with E-state index in [1.165, 1.54) is 0 Å². The number of fused-ring (bicyclic) bond motifs is 1. The van der Waals surface area contributed by atoms with E-state index in [0.717, 1.165) is 48.0 Å². The van der Waals surface area contributed by atoms with Crippen LogP contribution in [0.5, 0.6) is 5.75 Å². The molecule has 29 heavy (non-hydrogen) atoms. The first-order chi connectivity index (χ1) is 14.1. The summed E-state index contributed by atoms with van der Waals surface area (Å²) in [6.45, 7) is 2.02. The fourth-order valence-electron chi connectivity index (χ4n) is 4.06. The summed E-state index contributed by atoms with van der Waals surface area (Å²) in [6.07, 6.45) is 5.88. The number of nitrogens with zero attached hydrogens (tertiary/aromatic N) is 1.